The van der Waals surface area contributed by atoms with Crippen LogP contribution in [-0.4, -0.2) is 27.5 Å². The van der Waals surface area contributed by atoms with E-state index in [0.29, 0.717) is 25.3 Å². The second-order valence-electron chi connectivity index (χ2n) is 7.13. The Hall–Kier alpha value is -2.89. The van der Waals surface area contributed by atoms with Crippen molar-refractivity contribution in [3.63, 3.8) is 0 Å². The number of carbonyl (C=O) groups excluding carboxylic acids is 2. The first-order chi connectivity index (χ1) is 12.8. The number of amides is 1. The van der Waals surface area contributed by atoms with E-state index in [2.05, 4.69) is 4.98 Å². The molecule has 0 saturated carbocycles. The predicted molar refractivity (Wildman–Crippen MR) is 102 cm³/mol. The minimum atomic E-state index is -0.586. The molecule has 6 nitrogen and oxygen atoms in total. The van der Waals surface area contributed by atoms with Crippen molar-refractivity contribution in [1.29, 1.82) is 0 Å². The van der Waals surface area contributed by atoms with Crippen LogP contribution in [0.4, 0.5) is 4.79 Å². The van der Waals surface area contributed by atoms with Gasteiger partial charge in [-0.1, -0.05) is 25.1 Å². The Kier molecular flexibility index (Phi) is 6.93. The molecule has 0 atom stereocenters. The van der Waals surface area contributed by atoms with Crippen molar-refractivity contribution in [1.82, 2.24) is 9.88 Å². The van der Waals surface area contributed by atoms with Gasteiger partial charge in [0.1, 0.15) is 11.4 Å². The molecule has 0 radical (unpaired) electrons. The van der Waals surface area contributed by atoms with Crippen LogP contribution in [0.1, 0.15) is 45.4 Å². The fourth-order valence-corrected chi connectivity index (χ4v) is 2.29. The summed E-state index contributed by atoms with van der Waals surface area (Å²) in [6.07, 6.45) is 1.60. The first kappa shape index (κ1) is 20.4. The summed E-state index contributed by atoms with van der Waals surface area (Å²) < 4.78 is 10.7. The average Bonchev–Trinajstić information content (AvgIpc) is 2.62. The SMILES string of the molecule is CCC(=O)Oc1ccc(CN(Cc2ccccn2)C(=O)OC(C)(C)C)cc1. The van der Waals surface area contributed by atoms with Crippen LogP contribution in [0, 0.1) is 0 Å². The van der Waals surface area contributed by atoms with E-state index in [-0.39, 0.29) is 5.97 Å². The first-order valence-electron chi connectivity index (χ1n) is 8.94. The molecule has 2 aromatic rings. The molecular formula is C21H26N2O4. The van der Waals surface area contributed by atoms with Crippen LogP contribution in [0.15, 0.2) is 48.7 Å². The highest BCUT2D eigenvalue weighted by Gasteiger charge is 2.23. The number of nitrogens with zero attached hydrogens (tertiary/aromatic N) is 2. The smallest absolute Gasteiger partial charge is 0.410 e. The topological polar surface area (TPSA) is 68.7 Å². The number of aromatic nitrogens is 1. The quantitative estimate of drug-likeness (QED) is 0.559. The second-order valence-corrected chi connectivity index (χ2v) is 7.13. The molecule has 6 heteroatoms. The van der Waals surface area contributed by atoms with Gasteiger partial charge in [-0.2, -0.15) is 0 Å². The number of carbonyl (C=O) groups is 2. The number of esters is 1. The molecule has 144 valence electrons. The third-order valence-corrected chi connectivity index (χ3v) is 3.55. The largest absolute Gasteiger partial charge is 0.444 e. The summed E-state index contributed by atoms with van der Waals surface area (Å²) in [5, 5.41) is 0. The molecule has 1 aromatic heterocycles. The predicted octanol–water partition coefficient (Wildman–Crippen LogP) is 4.33. The van der Waals surface area contributed by atoms with Crippen LogP contribution in [0.2, 0.25) is 0 Å². The lowest BCUT2D eigenvalue weighted by Crippen LogP contribution is -2.36. The number of pyridine rings is 1. The van der Waals surface area contributed by atoms with Crippen LogP contribution in [0.5, 0.6) is 5.75 Å². The number of hydrogen-bond acceptors (Lipinski definition) is 5. The van der Waals surface area contributed by atoms with Gasteiger partial charge in [0.15, 0.2) is 0 Å². The lowest BCUT2D eigenvalue weighted by atomic mass is 10.2. The maximum absolute atomic E-state index is 12.6. The van der Waals surface area contributed by atoms with Gasteiger partial charge in [-0.05, 0) is 50.6 Å². The third kappa shape index (κ3) is 7.09. The van der Waals surface area contributed by atoms with Gasteiger partial charge < -0.3 is 9.47 Å². The fourth-order valence-electron chi connectivity index (χ4n) is 2.29. The van der Waals surface area contributed by atoms with Gasteiger partial charge in [-0.3, -0.25) is 14.7 Å². The molecule has 0 aliphatic rings. The first-order valence-corrected chi connectivity index (χ1v) is 8.94. The van der Waals surface area contributed by atoms with Crippen LogP contribution in [0.3, 0.4) is 0 Å². The molecule has 27 heavy (non-hydrogen) atoms. The van der Waals surface area contributed by atoms with Crippen LogP contribution < -0.4 is 4.74 Å². The Morgan fingerprint density at radius 1 is 1.04 bits per heavy atom. The summed E-state index contributed by atoms with van der Waals surface area (Å²) in [6.45, 7) is 7.94. The highest BCUT2D eigenvalue weighted by atomic mass is 16.6. The van der Waals surface area contributed by atoms with E-state index in [1.165, 1.54) is 0 Å². The van der Waals surface area contributed by atoms with E-state index >= 15 is 0 Å². The summed E-state index contributed by atoms with van der Waals surface area (Å²) in [5.41, 5.74) is 1.09. The molecule has 1 aromatic carbocycles. The van der Waals surface area contributed by atoms with Crippen molar-refractivity contribution < 1.29 is 19.1 Å². The van der Waals surface area contributed by atoms with Crippen molar-refractivity contribution in [2.45, 2.75) is 52.8 Å². The van der Waals surface area contributed by atoms with Crippen molar-refractivity contribution in [3.8, 4) is 5.75 Å². The lowest BCUT2D eigenvalue weighted by Gasteiger charge is -2.27. The van der Waals surface area contributed by atoms with Gasteiger partial charge in [0, 0.05) is 19.2 Å². The van der Waals surface area contributed by atoms with E-state index in [1.54, 1.807) is 30.2 Å². The number of hydrogen-bond donors (Lipinski definition) is 0. The Morgan fingerprint density at radius 2 is 1.74 bits per heavy atom. The van der Waals surface area contributed by atoms with E-state index < -0.39 is 11.7 Å². The second kappa shape index (κ2) is 9.16. The van der Waals surface area contributed by atoms with Crippen molar-refractivity contribution in [2.75, 3.05) is 0 Å². The van der Waals surface area contributed by atoms with Gasteiger partial charge in [-0.15, -0.1) is 0 Å². The van der Waals surface area contributed by atoms with Gasteiger partial charge in [0.05, 0.1) is 12.2 Å². The average molecular weight is 370 g/mol. The van der Waals surface area contributed by atoms with E-state index in [0.717, 1.165) is 11.3 Å². The maximum atomic E-state index is 12.6. The van der Waals surface area contributed by atoms with Crippen molar-refractivity contribution >= 4 is 12.1 Å². The molecule has 0 aliphatic carbocycles. The number of benzene rings is 1. The molecule has 0 N–H and O–H groups in total. The molecule has 0 spiro atoms. The Labute approximate surface area is 160 Å². The van der Waals surface area contributed by atoms with E-state index in [1.807, 2.05) is 51.1 Å². The van der Waals surface area contributed by atoms with Gasteiger partial charge in [-0.25, -0.2) is 4.79 Å². The van der Waals surface area contributed by atoms with Gasteiger partial charge in [0.2, 0.25) is 0 Å². The minimum absolute atomic E-state index is 0.284. The lowest BCUT2D eigenvalue weighted by molar-refractivity contribution is -0.134. The zero-order chi connectivity index (χ0) is 19.9. The summed E-state index contributed by atoms with van der Waals surface area (Å²) >= 11 is 0. The Bertz CT molecular complexity index is 752. The molecule has 0 saturated heterocycles. The summed E-state index contributed by atoms with van der Waals surface area (Å²) in [4.78, 5) is 29.9. The third-order valence-electron chi connectivity index (χ3n) is 3.55. The van der Waals surface area contributed by atoms with E-state index in [4.69, 9.17) is 9.47 Å². The minimum Gasteiger partial charge on any atom is -0.444 e. The highest BCUT2D eigenvalue weighted by molar-refractivity contribution is 5.72. The van der Waals surface area contributed by atoms with E-state index in [9.17, 15) is 9.59 Å². The number of ether oxygens (including phenoxy) is 2. The molecule has 0 unspecified atom stereocenters. The summed E-state index contributed by atoms with van der Waals surface area (Å²) in [7, 11) is 0. The molecule has 1 heterocycles. The Balaban J connectivity index is 2.13. The molecule has 2 rings (SSSR count). The molecule has 0 fully saturated rings. The highest BCUT2D eigenvalue weighted by Crippen LogP contribution is 2.18. The zero-order valence-corrected chi connectivity index (χ0v) is 16.3. The van der Waals surface area contributed by atoms with Crippen LogP contribution >= 0.6 is 0 Å². The zero-order valence-electron chi connectivity index (χ0n) is 16.3. The fraction of sp³-hybridized carbons (Fsp3) is 0.381. The van der Waals surface area contributed by atoms with Gasteiger partial charge in [0.25, 0.3) is 0 Å². The summed E-state index contributed by atoms with van der Waals surface area (Å²) in [6, 6.07) is 12.7. The molecular weight excluding hydrogens is 344 g/mol. The van der Waals surface area contributed by atoms with Crippen LogP contribution in [0.25, 0.3) is 0 Å². The number of rotatable bonds is 6. The maximum Gasteiger partial charge on any atom is 0.410 e. The summed E-state index contributed by atoms with van der Waals surface area (Å²) in [5.74, 6) is 0.201. The van der Waals surface area contributed by atoms with Crippen molar-refractivity contribution in [3.05, 3.63) is 59.9 Å². The molecule has 0 bridgehead atoms. The van der Waals surface area contributed by atoms with Gasteiger partial charge >= 0.3 is 12.1 Å². The monoisotopic (exact) mass is 370 g/mol. The molecule has 1 amide bonds. The standard InChI is InChI=1S/C21H26N2O4/c1-5-19(24)26-18-11-9-16(10-12-18)14-23(20(25)27-21(2,3)4)15-17-8-6-7-13-22-17/h6-13H,5,14-15H2,1-4H3. The van der Waals surface area contributed by atoms with Crippen LogP contribution in [-0.2, 0) is 22.6 Å². The normalized spacial score (nSPS) is 11.0. The van der Waals surface area contributed by atoms with Crippen molar-refractivity contribution in [2.24, 2.45) is 0 Å². The Morgan fingerprint density at radius 3 is 2.30 bits per heavy atom. The molecule has 0 aliphatic heterocycles.